The van der Waals surface area contributed by atoms with Crippen LogP contribution in [0.1, 0.15) is 26.4 Å². The average Bonchev–Trinajstić information content (AvgIpc) is 3.30. The standard InChI is InChI=1S/C26H24FN5O4S/c27-19-9-10-21(28-12-19)23(34)29-20-8-4-7-17(11-20)26-15-32(25(35)36)13-18(26)14-37-24(31-26)30-22(33)16-5-2-1-3-6-16/h1-12,18,24,31H,13-15H2,(H,29,34)(H,30,33)(H,35,36)/t18-,24?,26+/m0/s1. The summed E-state index contributed by atoms with van der Waals surface area (Å²) >= 11 is 1.51. The van der Waals surface area contributed by atoms with Gasteiger partial charge in [0, 0.05) is 36.0 Å². The highest BCUT2D eigenvalue weighted by molar-refractivity contribution is 7.99. The van der Waals surface area contributed by atoms with Crippen LogP contribution in [0, 0.1) is 11.7 Å². The zero-order chi connectivity index (χ0) is 26.0. The molecule has 2 aromatic carbocycles. The molecule has 4 N–H and O–H groups in total. The molecule has 1 aromatic heterocycles. The van der Waals surface area contributed by atoms with Crippen molar-refractivity contribution in [2.24, 2.45) is 5.92 Å². The molecule has 0 aliphatic carbocycles. The molecule has 9 nitrogen and oxygen atoms in total. The second kappa shape index (κ2) is 10.2. The monoisotopic (exact) mass is 521 g/mol. The van der Waals surface area contributed by atoms with Gasteiger partial charge in [-0.05, 0) is 42.0 Å². The summed E-state index contributed by atoms with van der Waals surface area (Å²) in [5.74, 6) is -0.719. The van der Waals surface area contributed by atoms with Gasteiger partial charge in [-0.3, -0.25) is 14.9 Å². The maximum atomic E-state index is 13.2. The second-order valence-corrected chi connectivity index (χ2v) is 10.1. The lowest BCUT2D eigenvalue weighted by molar-refractivity contribution is 0.0930. The molecule has 11 heteroatoms. The van der Waals surface area contributed by atoms with Crippen LogP contribution in [0.2, 0.25) is 0 Å². The molecule has 3 heterocycles. The fraction of sp³-hybridized carbons (Fsp3) is 0.231. The topological polar surface area (TPSA) is 124 Å². The van der Waals surface area contributed by atoms with E-state index in [1.165, 1.54) is 22.7 Å². The number of hydrogen-bond donors (Lipinski definition) is 4. The number of pyridine rings is 1. The Labute approximate surface area is 216 Å². The first-order chi connectivity index (χ1) is 17.8. The Morgan fingerprint density at radius 2 is 1.89 bits per heavy atom. The van der Waals surface area contributed by atoms with Crippen molar-refractivity contribution in [3.63, 3.8) is 0 Å². The lowest BCUT2D eigenvalue weighted by Gasteiger charge is -2.43. The van der Waals surface area contributed by atoms with Gasteiger partial charge in [0.1, 0.15) is 17.0 Å². The molecule has 0 spiro atoms. The van der Waals surface area contributed by atoms with Crippen LogP contribution >= 0.6 is 11.8 Å². The van der Waals surface area contributed by atoms with Crippen LogP contribution in [-0.2, 0) is 5.54 Å². The predicted molar refractivity (Wildman–Crippen MR) is 137 cm³/mol. The van der Waals surface area contributed by atoms with Crippen molar-refractivity contribution < 1.29 is 23.9 Å². The summed E-state index contributed by atoms with van der Waals surface area (Å²) in [5.41, 5.74) is 0.619. The van der Waals surface area contributed by atoms with E-state index in [1.54, 1.807) is 42.5 Å². The van der Waals surface area contributed by atoms with Gasteiger partial charge in [0.05, 0.1) is 11.7 Å². The fourth-order valence-corrected chi connectivity index (χ4v) is 6.07. The van der Waals surface area contributed by atoms with Gasteiger partial charge in [0.15, 0.2) is 0 Å². The van der Waals surface area contributed by atoms with Gasteiger partial charge in [-0.1, -0.05) is 30.3 Å². The second-order valence-electron chi connectivity index (χ2n) is 8.93. The van der Waals surface area contributed by atoms with E-state index >= 15 is 0 Å². The van der Waals surface area contributed by atoms with Gasteiger partial charge in [0.25, 0.3) is 11.8 Å². The average molecular weight is 522 g/mol. The van der Waals surface area contributed by atoms with E-state index < -0.39 is 28.9 Å². The number of nitrogens with one attached hydrogen (secondary N) is 3. The summed E-state index contributed by atoms with van der Waals surface area (Å²) in [7, 11) is 0. The molecule has 3 atom stereocenters. The highest BCUT2D eigenvalue weighted by Gasteiger charge is 2.53. The number of hydrogen-bond acceptors (Lipinski definition) is 6. The molecule has 0 radical (unpaired) electrons. The normalized spacial score (nSPS) is 22.7. The van der Waals surface area contributed by atoms with Crippen LogP contribution in [0.4, 0.5) is 14.9 Å². The van der Waals surface area contributed by atoms with Crippen LogP contribution in [-0.4, -0.2) is 57.2 Å². The molecule has 3 amide bonds. The zero-order valence-electron chi connectivity index (χ0n) is 19.6. The Hall–Kier alpha value is -3.96. The largest absolute Gasteiger partial charge is 0.465 e. The van der Waals surface area contributed by atoms with Crippen molar-refractivity contribution in [1.82, 2.24) is 20.5 Å². The number of carbonyl (C=O) groups excluding carboxylic acids is 2. The molecule has 3 aromatic rings. The Bertz CT molecular complexity index is 1330. The first kappa shape index (κ1) is 24.7. The lowest BCUT2D eigenvalue weighted by Crippen LogP contribution is -2.61. The molecule has 190 valence electrons. The number of amides is 3. The third-order valence-corrected chi connectivity index (χ3v) is 7.76. The summed E-state index contributed by atoms with van der Waals surface area (Å²) in [4.78, 5) is 42.5. The Morgan fingerprint density at radius 3 is 2.62 bits per heavy atom. The van der Waals surface area contributed by atoms with Crippen molar-refractivity contribution >= 4 is 35.4 Å². The number of carbonyl (C=O) groups is 3. The van der Waals surface area contributed by atoms with E-state index in [2.05, 4.69) is 20.9 Å². The van der Waals surface area contributed by atoms with Crippen LogP contribution in [0.25, 0.3) is 0 Å². The number of fused-ring (bicyclic) bond motifs is 1. The van der Waals surface area contributed by atoms with Gasteiger partial charge < -0.3 is 20.6 Å². The smallest absolute Gasteiger partial charge is 0.407 e. The number of rotatable bonds is 5. The molecule has 2 saturated heterocycles. The molecule has 1 unspecified atom stereocenters. The molecule has 0 saturated carbocycles. The zero-order valence-corrected chi connectivity index (χ0v) is 20.4. The van der Waals surface area contributed by atoms with Gasteiger partial charge in [-0.2, -0.15) is 0 Å². The maximum absolute atomic E-state index is 13.2. The van der Waals surface area contributed by atoms with Gasteiger partial charge >= 0.3 is 6.09 Å². The van der Waals surface area contributed by atoms with Crippen LogP contribution in [0.15, 0.2) is 72.9 Å². The summed E-state index contributed by atoms with van der Waals surface area (Å²) in [6.07, 6.45) is -0.0428. The van der Waals surface area contributed by atoms with Crippen LogP contribution < -0.4 is 16.0 Å². The molecule has 2 aliphatic rings. The van der Waals surface area contributed by atoms with Gasteiger partial charge in [-0.25, -0.2) is 14.2 Å². The van der Waals surface area contributed by atoms with Gasteiger partial charge in [-0.15, -0.1) is 11.8 Å². The van der Waals surface area contributed by atoms with Crippen LogP contribution in [0.5, 0.6) is 0 Å². The van der Waals surface area contributed by atoms with Crippen molar-refractivity contribution in [2.45, 2.75) is 11.0 Å². The molecular weight excluding hydrogens is 497 g/mol. The first-order valence-electron chi connectivity index (χ1n) is 11.6. The molecule has 5 rings (SSSR count). The third kappa shape index (κ3) is 5.13. The van der Waals surface area contributed by atoms with Crippen molar-refractivity contribution in [3.8, 4) is 0 Å². The Balaban J connectivity index is 1.41. The summed E-state index contributed by atoms with van der Waals surface area (Å²) in [5, 5.41) is 19.0. The molecule has 0 bridgehead atoms. The highest BCUT2D eigenvalue weighted by Crippen LogP contribution is 2.44. The molecular formula is C26H24FN5O4S. The summed E-state index contributed by atoms with van der Waals surface area (Å²) in [6.45, 7) is 0.521. The lowest BCUT2D eigenvalue weighted by atomic mass is 9.81. The summed E-state index contributed by atoms with van der Waals surface area (Å²) < 4.78 is 13.2. The van der Waals surface area contributed by atoms with Crippen molar-refractivity contribution in [1.29, 1.82) is 0 Å². The Kier molecular flexibility index (Phi) is 6.81. The highest BCUT2D eigenvalue weighted by atomic mass is 32.2. The van der Waals surface area contributed by atoms with E-state index in [9.17, 15) is 23.9 Å². The van der Waals surface area contributed by atoms with Crippen molar-refractivity contribution in [3.05, 3.63) is 95.6 Å². The first-order valence-corrected chi connectivity index (χ1v) is 12.7. The number of benzene rings is 2. The third-order valence-electron chi connectivity index (χ3n) is 6.59. The minimum atomic E-state index is -1.02. The number of aromatic nitrogens is 1. The minimum Gasteiger partial charge on any atom is -0.465 e. The SMILES string of the molecule is O=C(NC1N[C@@]2(c3cccc(NC(=O)c4ccc(F)cn4)c3)CN(C(=O)O)C[C@H]2CS1)c1ccccc1. The Morgan fingerprint density at radius 1 is 1.08 bits per heavy atom. The number of nitrogens with zero attached hydrogens (tertiary/aromatic N) is 2. The van der Waals surface area contributed by atoms with Crippen molar-refractivity contribution in [2.75, 3.05) is 24.2 Å². The number of anilines is 1. The number of thioether (sulfide) groups is 1. The van der Waals surface area contributed by atoms with Crippen LogP contribution in [0.3, 0.4) is 0 Å². The molecule has 2 aliphatic heterocycles. The maximum Gasteiger partial charge on any atom is 0.407 e. The quantitative estimate of drug-likeness (QED) is 0.406. The van der Waals surface area contributed by atoms with E-state index in [0.717, 1.165) is 17.8 Å². The van der Waals surface area contributed by atoms with E-state index in [4.69, 9.17) is 0 Å². The van der Waals surface area contributed by atoms with Gasteiger partial charge in [0.2, 0.25) is 0 Å². The number of halogens is 1. The summed E-state index contributed by atoms with van der Waals surface area (Å²) in [6, 6.07) is 18.5. The number of likely N-dealkylation sites (tertiary alicyclic amines) is 1. The fourth-order valence-electron chi connectivity index (χ4n) is 4.77. The van der Waals surface area contributed by atoms with E-state index in [1.807, 2.05) is 12.1 Å². The van der Waals surface area contributed by atoms with E-state index in [0.29, 0.717) is 23.5 Å². The molecule has 2 fully saturated rings. The molecule has 37 heavy (non-hydrogen) atoms. The van der Waals surface area contributed by atoms with E-state index in [-0.39, 0.29) is 24.1 Å². The minimum absolute atomic E-state index is 0.0663. The number of carboxylic acid groups (broad SMARTS) is 1. The predicted octanol–water partition coefficient (Wildman–Crippen LogP) is 3.33.